The van der Waals surface area contributed by atoms with Gasteiger partial charge in [0.2, 0.25) is 0 Å². The highest BCUT2D eigenvalue weighted by Crippen LogP contribution is 2.37. The molecule has 0 radical (unpaired) electrons. The number of methoxy groups -OCH3 is 1. The number of nitrogens with zero attached hydrogens (tertiary/aromatic N) is 4. The van der Waals surface area contributed by atoms with Gasteiger partial charge >= 0.3 is 5.97 Å². The molecular weight excluding hydrogens is 472 g/mol. The first-order chi connectivity index (χ1) is 18.0. The van der Waals surface area contributed by atoms with Crippen molar-refractivity contribution in [3.8, 4) is 17.1 Å². The highest BCUT2D eigenvalue weighted by Gasteiger charge is 2.25. The monoisotopic (exact) mass is 492 g/mol. The third-order valence-electron chi connectivity index (χ3n) is 6.36. The minimum absolute atomic E-state index is 0.0503. The lowest BCUT2D eigenvalue weighted by atomic mass is 10.1. The molecule has 9 heteroatoms. The lowest BCUT2D eigenvalue weighted by Crippen LogP contribution is -2.06. The fraction of sp³-hybridized carbons (Fsp3) is 0.0714. The lowest BCUT2D eigenvalue weighted by Gasteiger charge is -2.14. The summed E-state index contributed by atoms with van der Waals surface area (Å²) in [6, 6.07) is 23.4. The van der Waals surface area contributed by atoms with Crippen molar-refractivity contribution in [3.05, 3.63) is 113 Å². The number of benzene rings is 3. The number of hydrogen-bond donors (Lipinski definition) is 0. The van der Waals surface area contributed by atoms with Gasteiger partial charge in [0.05, 0.1) is 47.0 Å². The highest BCUT2D eigenvalue weighted by molar-refractivity contribution is 5.95. The second kappa shape index (κ2) is 8.80. The lowest BCUT2D eigenvalue weighted by molar-refractivity contribution is -0.384. The van der Waals surface area contributed by atoms with Crippen molar-refractivity contribution in [2.75, 3.05) is 7.11 Å². The molecule has 0 unspecified atom stereocenters. The highest BCUT2D eigenvalue weighted by atomic mass is 16.6. The minimum Gasteiger partial charge on any atom is -0.467 e. The molecule has 0 fully saturated rings. The predicted octanol–water partition coefficient (Wildman–Crippen LogP) is 5.98. The fourth-order valence-electron chi connectivity index (χ4n) is 4.69. The molecule has 3 heterocycles. The molecule has 37 heavy (non-hydrogen) atoms. The molecule has 3 aromatic carbocycles. The standard InChI is InChI=1S/C28H20N4O5/c1-36-28(33)19-11-12-24-22(16-19)29-27(31(24)17-20-7-5-15-37-20)21-8-4-10-25(32(34)35)26(21)30-14-13-18-6-2-3-9-23(18)30/h2-16H,17H2,1H3. The molecule has 0 aliphatic carbocycles. The van der Waals surface area contributed by atoms with E-state index < -0.39 is 5.97 Å². The van der Waals surface area contributed by atoms with Crippen LogP contribution in [0.2, 0.25) is 0 Å². The number of fused-ring (bicyclic) bond motifs is 2. The maximum atomic E-state index is 12.2. The third kappa shape index (κ3) is 3.73. The summed E-state index contributed by atoms with van der Waals surface area (Å²) in [4.78, 5) is 28.9. The Bertz CT molecular complexity index is 1800. The van der Waals surface area contributed by atoms with E-state index in [4.69, 9.17) is 14.1 Å². The Kier molecular flexibility index (Phi) is 5.30. The van der Waals surface area contributed by atoms with Crippen LogP contribution in [0.4, 0.5) is 5.69 Å². The molecule has 0 saturated carbocycles. The summed E-state index contributed by atoms with van der Waals surface area (Å²) in [5.74, 6) is 0.722. The summed E-state index contributed by atoms with van der Waals surface area (Å²) in [5, 5.41) is 13.2. The van der Waals surface area contributed by atoms with Crippen LogP contribution >= 0.6 is 0 Å². The molecule has 0 N–H and O–H groups in total. The van der Waals surface area contributed by atoms with Gasteiger partial charge in [0.15, 0.2) is 0 Å². The van der Waals surface area contributed by atoms with Gasteiger partial charge in [-0.1, -0.05) is 24.3 Å². The van der Waals surface area contributed by atoms with Gasteiger partial charge in [0.1, 0.15) is 17.3 Å². The maximum Gasteiger partial charge on any atom is 0.337 e. The molecule has 6 rings (SSSR count). The first-order valence-electron chi connectivity index (χ1n) is 11.5. The number of imidazole rings is 1. The number of nitro benzene ring substituents is 1. The van der Waals surface area contributed by atoms with E-state index in [9.17, 15) is 14.9 Å². The molecule has 0 spiro atoms. The van der Waals surface area contributed by atoms with Crippen molar-refractivity contribution in [2.45, 2.75) is 6.54 Å². The van der Waals surface area contributed by atoms with Gasteiger partial charge in [-0.2, -0.15) is 0 Å². The van der Waals surface area contributed by atoms with E-state index in [0.717, 1.165) is 16.4 Å². The van der Waals surface area contributed by atoms with Gasteiger partial charge in [0, 0.05) is 17.8 Å². The van der Waals surface area contributed by atoms with Crippen LogP contribution in [-0.4, -0.2) is 32.1 Å². The van der Waals surface area contributed by atoms with Crippen molar-refractivity contribution in [1.82, 2.24) is 14.1 Å². The van der Waals surface area contributed by atoms with Crippen LogP contribution < -0.4 is 0 Å². The largest absolute Gasteiger partial charge is 0.467 e. The van der Waals surface area contributed by atoms with Crippen LogP contribution in [0.3, 0.4) is 0 Å². The quantitative estimate of drug-likeness (QED) is 0.161. The summed E-state index contributed by atoms with van der Waals surface area (Å²) >= 11 is 0. The number of esters is 1. The van der Waals surface area contributed by atoms with Gasteiger partial charge in [0.25, 0.3) is 5.69 Å². The van der Waals surface area contributed by atoms with Crippen LogP contribution in [0.5, 0.6) is 0 Å². The second-order valence-corrected chi connectivity index (χ2v) is 8.47. The van der Waals surface area contributed by atoms with E-state index in [1.54, 1.807) is 36.6 Å². The van der Waals surface area contributed by atoms with Crippen molar-refractivity contribution in [1.29, 1.82) is 0 Å². The molecule has 3 aromatic heterocycles. The number of ether oxygens (including phenoxy) is 1. The van der Waals surface area contributed by atoms with Crippen LogP contribution in [0, 0.1) is 10.1 Å². The molecule has 9 nitrogen and oxygen atoms in total. The predicted molar refractivity (Wildman–Crippen MR) is 138 cm³/mol. The zero-order valence-corrected chi connectivity index (χ0v) is 19.7. The van der Waals surface area contributed by atoms with Crippen molar-refractivity contribution >= 4 is 33.6 Å². The summed E-state index contributed by atoms with van der Waals surface area (Å²) in [5.41, 5.74) is 3.41. The maximum absolute atomic E-state index is 12.2. The topological polar surface area (TPSA) is 105 Å². The van der Waals surface area contributed by atoms with Crippen molar-refractivity contribution in [3.63, 3.8) is 0 Å². The number of furan rings is 1. The number of rotatable bonds is 6. The minimum atomic E-state index is -0.473. The van der Waals surface area contributed by atoms with E-state index in [0.29, 0.717) is 40.5 Å². The Morgan fingerprint density at radius 1 is 1.03 bits per heavy atom. The summed E-state index contributed by atoms with van der Waals surface area (Å²) in [6.07, 6.45) is 3.42. The Morgan fingerprint density at radius 2 is 1.89 bits per heavy atom. The zero-order chi connectivity index (χ0) is 25.5. The van der Waals surface area contributed by atoms with E-state index in [1.165, 1.54) is 13.2 Å². The summed E-state index contributed by atoms with van der Waals surface area (Å²) < 4.78 is 14.2. The Labute approximate surface area is 210 Å². The number of carbonyl (C=O) groups is 1. The number of hydrogen-bond acceptors (Lipinski definition) is 6. The van der Waals surface area contributed by atoms with Gasteiger partial charge in [-0.15, -0.1) is 0 Å². The summed E-state index contributed by atoms with van der Waals surface area (Å²) in [7, 11) is 1.32. The van der Waals surface area contributed by atoms with Crippen LogP contribution in [0.1, 0.15) is 16.1 Å². The van der Waals surface area contributed by atoms with Crippen LogP contribution in [0.15, 0.2) is 95.7 Å². The van der Waals surface area contributed by atoms with Crippen LogP contribution in [0.25, 0.3) is 39.0 Å². The zero-order valence-electron chi connectivity index (χ0n) is 19.7. The molecular formula is C28H20N4O5. The molecule has 0 aliphatic rings. The Balaban J connectivity index is 1.66. The normalized spacial score (nSPS) is 11.3. The molecule has 0 bridgehead atoms. The van der Waals surface area contributed by atoms with Gasteiger partial charge in [-0.3, -0.25) is 10.1 Å². The molecule has 6 aromatic rings. The summed E-state index contributed by atoms with van der Waals surface area (Å²) in [6.45, 7) is 0.338. The molecule has 0 aliphatic heterocycles. The number of nitro groups is 1. The van der Waals surface area contributed by atoms with Gasteiger partial charge in [-0.05, 0) is 53.9 Å². The van der Waals surface area contributed by atoms with E-state index in [-0.39, 0.29) is 10.6 Å². The SMILES string of the molecule is COC(=O)c1ccc2c(c1)nc(-c1cccc([N+](=O)[O-])c1-n1ccc3ccccc31)n2Cc1ccco1. The molecule has 0 amide bonds. The van der Waals surface area contributed by atoms with Gasteiger partial charge < -0.3 is 18.3 Å². The van der Waals surface area contributed by atoms with E-state index in [1.807, 2.05) is 57.8 Å². The van der Waals surface area contributed by atoms with Crippen molar-refractivity contribution in [2.24, 2.45) is 0 Å². The first-order valence-corrected chi connectivity index (χ1v) is 11.5. The average molecular weight is 492 g/mol. The van der Waals surface area contributed by atoms with E-state index >= 15 is 0 Å². The smallest absolute Gasteiger partial charge is 0.337 e. The third-order valence-corrected chi connectivity index (χ3v) is 6.36. The molecule has 182 valence electrons. The second-order valence-electron chi connectivity index (χ2n) is 8.47. The number of aromatic nitrogens is 3. The van der Waals surface area contributed by atoms with E-state index in [2.05, 4.69) is 0 Å². The Morgan fingerprint density at radius 3 is 2.68 bits per heavy atom. The Hall–Kier alpha value is -5.18. The molecule has 0 atom stereocenters. The van der Waals surface area contributed by atoms with Crippen molar-refractivity contribution < 1.29 is 18.9 Å². The number of carbonyl (C=O) groups excluding carboxylic acids is 1. The van der Waals surface area contributed by atoms with Gasteiger partial charge in [-0.25, -0.2) is 9.78 Å². The number of para-hydroxylation sites is 2. The van der Waals surface area contributed by atoms with Crippen LogP contribution in [-0.2, 0) is 11.3 Å². The first kappa shape index (κ1) is 22.3. The average Bonchev–Trinajstić information content (AvgIpc) is 3.67. The molecule has 0 saturated heterocycles. The fourth-order valence-corrected chi connectivity index (χ4v) is 4.69.